The molecule has 4 saturated carbocycles. The van der Waals surface area contributed by atoms with E-state index in [1.807, 2.05) is 19.9 Å². The van der Waals surface area contributed by atoms with Crippen molar-refractivity contribution < 1.29 is 19.4 Å². The minimum absolute atomic E-state index is 0.0719. The number of nitrogens with one attached hydrogen (secondary N) is 1. The molecule has 5 rings (SSSR count). The molecule has 1 aromatic rings. The maximum atomic E-state index is 12.1. The zero-order valence-corrected chi connectivity index (χ0v) is 21.8. The molecule has 9 atom stereocenters. The van der Waals surface area contributed by atoms with Gasteiger partial charge < -0.3 is 9.73 Å². The predicted molar refractivity (Wildman–Crippen MR) is 134 cm³/mol. The van der Waals surface area contributed by atoms with E-state index >= 15 is 0 Å². The molecule has 6 nitrogen and oxygen atoms in total. The number of fused-ring (bicyclic) bond motifs is 5. The summed E-state index contributed by atoms with van der Waals surface area (Å²) in [6, 6.07) is 3.42. The summed E-state index contributed by atoms with van der Waals surface area (Å²) < 4.78 is 5.26. The molecule has 4 fully saturated rings. The molecule has 6 heteroatoms. The molecule has 4 aliphatic rings. The van der Waals surface area contributed by atoms with Crippen molar-refractivity contribution in [2.24, 2.45) is 40.4 Å². The number of carbonyl (C=O) groups excluding carboxylic acids is 1. The van der Waals surface area contributed by atoms with Crippen LogP contribution in [0.3, 0.4) is 0 Å². The number of carbonyl (C=O) groups is 1. The quantitative estimate of drug-likeness (QED) is 0.407. The molecule has 1 aromatic heterocycles. The average molecular weight is 486 g/mol. The van der Waals surface area contributed by atoms with Gasteiger partial charge in [-0.2, -0.15) is 5.26 Å². The van der Waals surface area contributed by atoms with E-state index in [0.29, 0.717) is 23.3 Å². The van der Waals surface area contributed by atoms with E-state index in [2.05, 4.69) is 24.1 Å². The number of hydrogen-bond acceptors (Lipinski definition) is 6. The maximum absolute atomic E-state index is 12.1. The molecule has 1 heterocycles. The fraction of sp³-hybridized carbons (Fsp3) is 0.793. The molecule has 0 aromatic carbocycles. The lowest BCUT2D eigenvalue weighted by atomic mass is 9.44. The second-order valence-corrected chi connectivity index (χ2v) is 13.0. The van der Waals surface area contributed by atoms with Crippen LogP contribution in [0.1, 0.15) is 97.0 Å². The Kier molecular flexibility index (Phi) is 6.67. The Bertz CT molecular complexity index is 969. The summed E-state index contributed by atoms with van der Waals surface area (Å²) >= 11 is 0. The van der Waals surface area contributed by atoms with Gasteiger partial charge in [0.15, 0.2) is 0 Å². The van der Waals surface area contributed by atoms with Crippen LogP contribution < -0.4 is 10.9 Å². The molecule has 0 radical (unpaired) electrons. The Morgan fingerprint density at radius 3 is 2.49 bits per heavy atom. The Labute approximate surface area is 209 Å². The molecule has 0 aliphatic heterocycles. The highest BCUT2D eigenvalue weighted by atomic mass is 17.1. The van der Waals surface area contributed by atoms with Gasteiger partial charge in [-0.1, -0.05) is 27.7 Å². The lowest BCUT2D eigenvalue weighted by Crippen LogP contribution is -2.56. The highest BCUT2D eigenvalue weighted by molar-refractivity contribution is 5.75. The summed E-state index contributed by atoms with van der Waals surface area (Å²) in [5.74, 6) is 2.97. The summed E-state index contributed by atoms with van der Waals surface area (Å²) in [7, 11) is 0. The molecule has 9 unspecified atom stereocenters. The van der Waals surface area contributed by atoms with E-state index < -0.39 is 12.0 Å². The van der Waals surface area contributed by atoms with Crippen LogP contribution in [-0.4, -0.2) is 23.3 Å². The van der Waals surface area contributed by atoms with E-state index in [1.54, 1.807) is 12.3 Å². The van der Waals surface area contributed by atoms with Gasteiger partial charge in [-0.3, -0.25) is 4.89 Å². The van der Waals surface area contributed by atoms with E-state index in [9.17, 15) is 9.59 Å². The van der Waals surface area contributed by atoms with Crippen LogP contribution in [0.4, 0.5) is 0 Å². The molecular formula is C29H43NO5. The van der Waals surface area contributed by atoms with Gasteiger partial charge in [-0.15, -0.1) is 0 Å². The number of hydrogen-bond donors (Lipinski definition) is 2. The summed E-state index contributed by atoms with van der Waals surface area (Å²) in [6.45, 7) is 9.05. The smallest absolute Gasteiger partial charge is 0.359 e. The molecular weight excluding hydrogens is 442 g/mol. The molecule has 0 bridgehead atoms. The first-order valence-corrected chi connectivity index (χ1v) is 13.9. The van der Waals surface area contributed by atoms with Crippen molar-refractivity contribution in [1.82, 2.24) is 5.32 Å². The summed E-state index contributed by atoms with van der Waals surface area (Å²) in [5.41, 5.74) is 1.60. The van der Waals surface area contributed by atoms with Gasteiger partial charge in [0.05, 0.1) is 6.26 Å². The first-order chi connectivity index (χ1) is 16.7. The molecule has 194 valence electrons. The Hall–Kier alpha value is -1.66. The predicted octanol–water partition coefficient (Wildman–Crippen LogP) is 5.77. The molecule has 0 saturated heterocycles. The van der Waals surface area contributed by atoms with Crippen molar-refractivity contribution in [3.63, 3.8) is 0 Å². The van der Waals surface area contributed by atoms with Crippen molar-refractivity contribution in [3.8, 4) is 0 Å². The molecule has 2 N–H and O–H groups in total. The van der Waals surface area contributed by atoms with Crippen LogP contribution in [0.2, 0.25) is 0 Å². The van der Waals surface area contributed by atoms with Crippen molar-refractivity contribution in [2.45, 2.75) is 103 Å². The van der Waals surface area contributed by atoms with Gasteiger partial charge in [0.1, 0.15) is 6.04 Å². The Morgan fingerprint density at radius 2 is 1.80 bits per heavy atom. The van der Waals surface area contributed by atoms with Gasteiger partial charge >= 0.3 is 11.6 Å². The van der Waals surface area contributed by atoms with Crippen LogP contribution in [-0.2, 0) is 9.68 Å². The van der Waals surface area contributed by atoms with Gasteiger partial charge in [0, 0.05) is 12.1 Å². The van der Waals surface area contributed by atoms with Crippen LogP contribution in [0.25, 0.3) is 0 Å². The van der Waals surface area contributed by atoms with E-state index in [0.717, 1.165) is 30.6 Å². The highest BCUT2D eigenvalue weighted by Gasteiger charge is 2.60. The van der Waals surface area contributed by atoms with Crippen molar-refractivity contribution >= 4 is 5.97 Å². The van der Waals surface area contributed by atoms with Gasteiger partial charge in [-0.05, 0) is 116 Å². The fourth-order valence-electron chi connectivity index (χ4n) is 9.37. The third-order valence-electron chi connectivity index (χ3n) is 11.2. The average Bonchev–Trinajstić information content (AvgIpc) is 3.19. The van der Waals surface area contributed by atoms with Gasteiger partial charge in [0.2, 0.25) is 0 Å². The van der Waals surface area contributed by atoms with E-state index in [1.165, 1.54) is 50.5 Å². The first kappa shape index (κ1) is 25.0. The van der Waals surface area contributed by atoms with Crippen molar-refractivity contribution in [1.29, 1.82) is 0 Å². The summed E-state index contributed by atoms with van der Waals surface area (Å²) in [4.78, 5) is 27.7. The monoisotopic (exact) mass is 485 g/mol. The summed E-state index contributed by atoms with van der Waals surface area (Å²) in [6.07, 6.45) is 12.7. The lowest BCUT2D eigenvalue weighted by Gasteiger charge is -2.61. The molecule has 4 aliphatic carbocycles. The first-order valence-electron chi connectivity index (χ1n) is 13.9. The second kappa shape index (κ2) is 9.33. The van der Waals surface area contributed by atoms with Crippen molar-refractivity contribution in [2.75, 3.05) is 0 Å². The Morgan fingerprint density at radius 1 is 1.06 bits per heavy atom. The maximum Gasteiger partial charge on any atom is 0.359 e. The van der Waals surface area contributed by atoms with Crippen LogP contribution in [0.5, 0.6) is 0 Å². The normalized spacial score (nSPS) is 41.5. The van der Waals surface area contributed by atoms with E-state index in [-0.39, 0.29) is 17.0 Å². The minimum atomic E-state index is -0.572. The second-order valence-electron chi connectivity index (χ2n) is 13.0. The largest absolute Gasteiger partial charge is 0.431 e. The molecule has 35 heavy (non-hydrogen) atoms. The van der Waals surface area contributed by atoms with Gasteiger partial charge in [-0.25, -0.2) is 9.59 Å². The third-order valence-corrected chi connectivity index (χ3v) is 11.2. The van der Waals surface area contributed by atoms with Crippen LogP contribution in [0, 0.1) is 40.4 Å². The summed E-state index contributed by atoms with van der Waals surface area (Å²) in [5, 5.41) is 12.5. The van der Waals surface area contributed by atoms with E-state index in [4.69, 9.17) is 9.67 Å². The SMILES string of the molecule is CC(C)C(NC1CCC2(C)C(CCC3C2CCC2(C)C(c4ccc(=O)oc4)CCC32)C1)C(=O)OO. The standard InChI is InChI=1S/C29H43NO5/c1-17(2)26(27(32)35-33)30-20-11-13-28(3)19(15-20)6-7-21-23-9-8-22(18-5-10-25(31)34-16-18)29(23,4)14-12-24(21)28/h5,10,16-17,19-24,26,30,33H,6-9,11-15H2,1-4H3. The third kappa shape index (κ3) is 4.19. The molecule has 0 spiro atoms. The highest BCUT2D eigenvalue weighted by Crippen LogP contribution is 2.68. The van der Waals surface area contributed by atoms with Crippen LogP contribution >= 0.6 is 0 Å². The minimum Gasteiger partial charge on any atom is -0.431 e. The lowest BCUT2D eigenvalue weighted by molar-refractivity contribution is -0.238. The topological polar surface area (TPSA) is 88.8 Å². The van der Waals surface area contributed by atoms with Gasteiger partial charge in [0.25, 0.3) is 0 Å². The number of rotatable bonds is 5. The zero-order chi connectivity index (χ0) is 25.0. The molecule has 0 amide bonds. The zero-order valence-electron chi connectivity index (χ0n) is 21.8. The Balaban J connectivity index is 1.30. The van der Waals surface area contributed by atoms with Crippen molar-refractivity contribution in [3.05, 3.63) is 34.4 Å². The van der Waals surface area contributed by atoms with Crippen LogP contribution in [0.15, 0.2) is 27.6 Å². The fourth-order valence-corrected chi connectivity index (χ4v) is 9.37.